The van der Waals surface area contributed by atoms with Crippen LogP contribution in [0.25, 0.3) is 0 Å². The molecule has 1 aromatic rings. The lowest BCUT2D eigenvalue weighted by atomic mass is 10.00. The lowest BCUT2D eigenvalue weighted by molar-refractivity contribution is 0.230. The molecule has 0 amide bonds. The van der Waals surface area contributed by atoms with Gasteiger partial charge < -0.3 is 10.1 Å². The van der Waals surface area contributed by atoms with Crippen LogP contribution in [0.15, 0.2) is 18.2 Å². The van der Waals surface area contributed by atoms with E-state index in [0.717, 1.165) is 18.9 Å². The second-order valence-corrected chi connectivity index (χ2v) is 6.05. The first-order chi connectivity index (χ1) is 10.1. The Morgan fingerprint density at radius 2 is 1.95 bits per heavy atom. The number of aryl methyl sites for hydroxylation is 1. The van der Waals surface area contributed by atoms with Crippen molar-refractivity contribution in [2.45, 2.75) is 66.3 Å². The summed E-state index contributed by atoms with van der Waals surface area (Å²) in [6.07, 6.45) is 5.04. The minimum Gasteiger partial charge on any atom is -0.493 e. The molecule has 0 bridgehead atoms. The summed E-state index contributed by atoms with van der Waals surface area (Å²) in [6, 6.07) is 6.88. The number of benzene rings is 1. The Morgan fingerprint density at radius 3 is 2.57 bits per heavy atom. The van der Waals surface area contributed by atoms with Crippen LogP contribution in [0.5, 0.6) is 5.75 Å². The molecular weight excluding hydrogens is 258 g/mol. The third-order valence-electron chi connectivity index (χ3n) is 4.16. The summed E-state index contributed by atoms with van der Waals surface area (Å²) in [4.78, 5) is 0. The van der Waals surface area contributed by atoms with Gasteiger partial charge in [0.25, 0.3) is 0 Å². The quantitative estimate of drug-likeness (QED) is 0.635. The second-order valence-electron chi connectivity index (χ2n) is 6.05. The van der Waals surface area contributed by atoms with Gasteiger partial charge >= 0.3 is 0 Å². The molecule has 0 aliphatic rings. The molecule has 21 heavy (non-hydrogen) atoms. The van der Waals surface area contributed by atoms with Crippen LogP contribution in [0, 0.1) is 12.8 Å². The maximum atomic E-state index is 6.20. The van der Waals surface area contributed by atoms with Crippen LogP contribution in [-0.2, 0) is 0 Å². The Morgan fingerprint density at radius 1 is 1.19 bits per heavy atom. The van der Waals surface area contributed by atoms with E-state index in [1.54, 1.807) is 0 Å². The van der Waals surface area contributed by atoms with Crippen molar-refractivity contribution in [3.63, 3.8) is 0 Å². The van der Waals surface area contributed by atoms with Crippen molar-refractivity contribution < 1.29 is 4.74 Å². The largest absolute Gasteiger partial charge is 0.493 e. The molecule has 0 saturated carbocycles. The third-order valence-corrected chi connectivity index (χ3v) is 4.16. The third kappa shape index (κ3) is 6.09. The van der Waals surface area contributed by atoms with Gasteiger partial charge in [-0.25, -0.2) is 0 Å². The van der Waals surface area contributed by atoms with Gasteiger partial charge in [-0.1, -0.05) is 52.2 Å². The van der Waals surface area contributed by atoms with Gasteiger partial charge in [-0.05, 0) is 44.4 Å². The first kappa shape index (κ1) is 18.0. The fourth-order valence-corrected chi connectivity index (χ4v) is 2.65. The molecule has 1 aromatic carbocycles. The molecule has 1 N–H and O–H groups in total. The zero-order chi connectivity index (χ0) is 15.7. The summed E-state index contributed by atoms with van der Waals surface area (Å²) < 4.78 is 6.20. The molecule has 2 atom stereocenters. The van der Waals surface area contributed by atoms with Crippen LogP contribution < -0.4 is 10.1 Å². The van der Waals surface area contributed by atoms with Crippen molar-refractivity contribution in [3.8, 4) is 5.75 Å². The molecule has 0 radical (unpaired) electrons. The predicted molar refractivity (Wildman–Crippen MR) is 92.1 cm³/mol. The Bertz CT molecular complexity index is 403. The lowest BCUT2D eigenvalue weighted by Crippen LogP contribution is -2.19. The van der Waals surface area contributed by atoms with E-state index in [1.165, 1.54) is 36.8 Å². The minimum atomic E-state index is 0.335. The van der Waals surface area contributed by atoms with Gasteiger partial charge in [0, 0.05) is 11.6 Å². The van der Waals surface area contributed by atoms with Crippen molar-refractivity contribution in [2.75, 3.05) is 13.2 Å². The van der Waals surface area contributed by atoms with Crippen molar-refractivity contribution in [1.82, 2.24) is 5.32 Å². The number of rotatable bonds is 10. The summed E-state index contributed by atoms with van der Waals surface area (Å²) in [7, 11) is 0. The molecule has 1 rings (SSSR count). The van der Waals surface area contributed by atoms with Crippen molar-refractivity contribution in [1.29, 1.82) is 0 Å². The van der Waals surface area contributed by atoms with Crippen LogP contribution in [0.1, 0.15) is 70.5 Å². The number of hydrogen-bond acceptors (Lipinski definition) is 2. The molecule has 0 aliphatic carbocycles. The zero-order valence-corrected chi connectivity index (χ0v) is 14.5. The van der Waals surface area contributed by atoms with Gasteiger partial charge in [0.1, 0.15) is 5.75 Å². The van der Waals surface area contributed by atoms with Crippen molar-refractivity contribution in [3.05, 3.63) is 29.3 Å². The van der Waals surface area contributed by atoms with Crippen LogP contribution in [0.3, 0.4) is 0 Å². The van der Waals surface area contributed by atoms with E-state index in [9.17, 15) is 0 Å². The SMILES string of the molecule is CCCCC(CC)COc1cc(C)ccc1C(C)NCC. The highest BCUT2D eigenvalue weighted by molar-refractivity contribution is 5.39. The molecule has 0 aromatic heterocycles. The summed E-state index contributed by atoms with van der Waals surface area (Å²) in [6.45, 7) is 12.8. The van der Waals surface area contributed by atoms with Crippen molar-refractivity contribution >= 4 is 0 Å². The van der Waals surface area contributed by atoms with E-state index in [2.05, 4.69) is 58.1 Å². The number of nitrogens with one attached hydrogen (secondary N) is 1. The molecular formula is C19H33NO. The molecule has 2 heteroatoms. The molecule has 0 spiro atoms. The van der Waals surface area contributed by atoms with E-state index in [1.807, 2.05) is 0 Å². The smallest absolute Gasteiger partial charge is 0.124 e. The monoisotopic (exact) mass is 291 g/mol. The van der Waals surface area contributed by atoms with Crippen LogP contribution in [0.2, 0.25) is 0 Å². The standard InChI is InChI=1S/C19H33NO/c1-6-9-10-17(7-2)14-21-19-13-15(4)11-12-18(19)16(5)20-8-3/h11-13,16-17,20H,6-10,14H2,1-5H3. The highest BCUT2D eigenvalue weighted by Gasteiger charge is 2.13. The highest BCUT2D eigenvalue weighted by atomic mass is 16.5. The van der Waals surface area contributed by atoms with E-state index in [0.29, 0.717) is 12.0 Å². The van der Waals surface area contributed by atoms with Crippen LogP contribution in [-0.4, -0.2) is 13.2 Å². The zero-order valence-electron chi connectivity index (χ0n) is 14.5. The number of unbranched alkanes of at least 4 members (excludes halogenated alkanes) is 1. The lowest BCUT2D eigenvalue weighted by Gasteiger charge is -2.21. The summed E-state index contributed by atoms with van der Waals surface area (Å²) in [5.41, 5.74) is 2.53. The summed E-state index contributed by atoms with van der Waals surface area (Å²) >= 11 is 0. The highest BCUT2D eigenvalue weighted by Crippen LogP contribution is 2.27. The fraction of sp³-hybridized carbons (Fsp3) is 0.684. The normalized spacial score (nSPS) is 14.0. The average molecular weight is 291 g/mol. The van der Waals surface area contributed by atoms with Crippen LogP contribution in [0.4, 0.5) is 0 Å². The van der Waals surface area contributed by atoms with Gasteiger partial charge in [-0.15, -0.1) is 0 Å². The Kier molecular flexibility index (Phi) is 8.44. The Labute approximate surface area is 131 Å². The number of ether oxygens (including phenoxy) is 1. The molecule has 120 valence electrons. The minimum absolute atomic E-state index is 0.335. The van der Waals surface area contributed by atoms with Gasteiger partial charge in [0.05, 0.1) is 6.61 Å². The molecule has 0 saturated heterocycles. The van der Waals surface area contributed by atoms with Crippen molar-refractivity contribution in [2.24, 2.45) is 5.92 Å². The van der Waals surface area contributed by atoms with Gasteiger partial charge in [-0.3, -0.25) is 0 Å². The maximum absolute atomic E-state index is 6.20. The average Bonchev–Trinajstić information content (AvgIpc) is 2.47. The second kappa shape index (κ2) is 9.83. The van der Waals surface area contributed by atoms with Gasteiger partial charge in [-0.2, -0.15) is 0 Å². The summed E-state index contributed by atoms with van der Waals surface area (Å²) in [5, 5.41) is 3.48. The first-order valence-electron chi connectivity index (χ1n) is 8.59. The molecule has 0 aliphatic heterocycles. The fourth-order valence-electron chi connectivity index (χ4n) is 2.65. The van der Waals surface area contributed by atoms with Gasteiger partial charge in [0.2, 0.25) is 0 Å². The van der Waals surface area contributed by atoms with E-state index in [-0.39, 0.29) is 0 Å². The summed E-state index contributed by atoms with van der Waals surface area (Å²) in [5.74, 6) is 1.73. The Balaban J connectivity index is 2.73. The molecule has 2 nitrogen and oxygen atoms in total. The van der Waals surface area contributed by atoms with Crippen LogP contribution >= 0.6 is 0 Å². The van der Waals surface area contributed by atoms with E-state index < -0.39 is 0 Å². The topological polar surface area (TPSA) is 21.3 Å². The maximum Gasteiger partial charge on any atom is 0.124 e. The molecule has 0 heterocycles. The van der Waals surface area contributed by atoms with Gasteiger partial charge in [0.15, 0.2) is 0 Å². The van der Waals surface area contributed by atoms with E-state index in [4.69, 9.17) is 4.74 Å². The van der Waals surface area contributed by atoms with E-state index >= 15 is 0 Å². The molecule has 2 unspecified atom stereocenters. The Hall–Kier alpha value is -1.02. The number of hydrogen-bond donors (Lipinski definition) is 1. The predicted octanol–water partition coefficient (Wildman–Crippen LogP) is 5.26. The first-order valence-corrected chi connectivity index (χ1v) is 8.59. The molecule has 0 fully saturated rings.